The predicted octanol–water partition coefficient (Wildman–Crippen LogP) is 7.46. The van der Waals surface area contributed by atoms with Crippen LogP contribution in [0.5, 0.6) is 0 Å². The van der Waals surface area contributed by atoms with Gasteiger partial charge in [-0.05, 0) is 41.0 Å². The number of alkyl halides is 6. The summed E-state index contributed by atoms with van der Waals surface area (Å²) in [4.78, 5) is 29.6. The monoisotopic (exact) mass is 618 g/mol. The molecule has 2 N–H and O–H groups in total. The lowest BCUT2D eigenvalue weighted by molar-refractivity contribution is -0.214. The summed E-state index contributed by atoms with van der Waals surface area (Å²) in [7, 11) is 0. The van der Waals surface area contributed by atoms with Gasteiger partial charge >= 0.3 is 12.4 Å². The van der Waals surface area contributed by atoms with Crippen LogP contribution in [0, 0.1) is 0 Å². The van der Waals surface area contributed by atoms with Gasteiger partial charge in [-0.25, -0.2) is 9.45 Å². The molecule has 2 aromatic rings. The maximum Gasteiger partial charge on any atom is 0.408 e. The molecule has 0 aliphatic carbocycles. The molecule has 2 atom stereocenters. The molecule has 1 fully saturated rings. The summed E-state index contributed by atoms with van der Waals surface area (Å²) in [6.45, 7) is 0.933. The molecule has 2 aromatic carbocycles. The average Bonchev–Trinajstić information content (AvgIpc) is 3.16. The van der Waals surface area contributed by atoms with E-state index in [1.54, 1.807) is 0 Å². The second kappa shape index (κ2) is 11.4. The van der Waals surface area contributed by atoms with Crippen LogP contribution in [0.2, 0.25) is 15.1 Å². The SMILES string of the molecule is C=Cc1c(C(N)=O)ccc(/C(F)=C/C(c2cc(Cl)c(Cl)c(Cl)c2)C(F)(F)F)c1[C@@H]1CON(CC(F)(F)F)C1=O. The van der Waals surface area contributed by atoms with E-state index in [0.29, 0.717) is 0 Å². The first-order valence-electron chi connectivity index (χ1n) is 10.6. The van der Waals surface area contributed by atoms with Gasteiger partial charge in [-0.1, -0.05) is 53.5 Å². The number of carbonyl (C=O) groups excluding carboxylic acids is 2. The lowest BCUT2D eigenvalue weighted by atomic mass is 9.85. The van der Waals surface area contributed by atoms with Gasteiger partial charge in [0.25, 0.3) is 5.91 Å². The van der Waals surface area contributed by atoms with Crippen LogP contribution in [0.25, 0.3) is 11.9 Å². The zero-order chi connectivity index (χ0) is 29.4. The number of nitrogens with zero attached hydrogens (tertiary/aromatic N) is 1. The van der Waals surface area contributed by atoms with E-state index in [9.17, 15) is 35.9 Å². The molecule has 0 radical (unpaired) electrons. The normalized spacial score (nSPS) is 17.5. The van der Waals surface area contributed by atoms with Crippen LogP contribution < -0.4 is 5.73 Å². The lowest BCUT2D eigenvalue weighted by Crippen LogP contribution is -2.35. The highest BCUT2D eigenvalue weighted by atomic mass is 35.5. The van der Waals surface area contributed by atoms with Crippen molar-refractivity contribution in [2.24, 2.45) is 5.73 Å². The number of hydroxylamine groups is 2. The van der Waals surface area contributed by atoms with Gasteiger partial charge in [-0.15, -0.1) is 0 Å². The van der Waals surface area contributed by atoms with E-state index in [-0.39, 0.29) is 37.3 Å². The summed E-state index contributed by atoms with van der Waals surface area (Å²) in [5.74, 6) is -8.14. The highest BCUT2D eigenvalue weighted by Gasteiger charge is 2.44. The minimum atomic E-state index is -5.08. The Morgan fingerprint density at radius 3 is 2.18 bits per heavy atom. The second-order valence-electron chi connectivity index (χ2n) is 8.23. The molecule has 1 saturated heterocycles. The molecule has 2 amide bonds. The highest BCUT2D eigenvalue weighted by molar-refractivity contribution is 6.48. The van der Waals surface area contributed by atoms with Crippen molar-refractivity contribution in [1.82, 2.24) is 5.06 Å². The van der Waals surface area contributed by atoms with Crippen molar-refractivity contribution in [3.63, 3.8) is 0 Å². The first kappa shape index (κ1) is 30.7. The Labute approximate surface area is 231 Å². The van der Waals surface area contributed by atoms with Crippen LogP contribution >= 0.6 is 34.8 Å². The van der Waals surface area contributed by atoms with Gasteiger partial charge in [-0.2, -0.15) is 26.3 Å². The van der Waals surface area contributed by atoms with E-state index in [4.69, 9.17) is 45.4 Å². The molecule has 1 heterocycles. The van der Waals surface area contributed by atoms with Crippen molar-refractivity contribution in [1.29, 1.82) is 0 Å². The van der Waals surface area contributed by atoms with Gasteiger partial charge in [0.2, 0.25) is 5.91 Å². The van der Waals surface area contributed by atoms with E-state index in [0.717, 1.165) is 30.3 Å². The predicted molar refractivity (Wildman–Crippen MR) is 131 cm³/mol. The number of primary amides is 1. The standard InChI is InChI=1S/C24H16Cl3F7N2O3/c1-2-11-12(21(35)37)3-4-13(19(11)14-8-39-36(22(14)38)9-23(29,30)31)18(28)7-15(24(32,33)34)10-5-16(25)20(27)17(26)6-10/h2-7,14-15H,1,8-9H2,(H2,35,37)/b18-7-/t14-,15?/m0/s1. The largest absolute Gasteiger partial charge is 0.408 e. The number of amides is 2. The number of halogens is 10. The van der Waals surface area contributed by atoms with Gasteiger partial charge in [-0.3, -0.25) is 14.4 Å². The summed E-state index contributed by atoms with van der Waals surface area (Å²) in [5.41, 5.74) is 3.12. The Kier molecular flexibility index (Phi) is 8.95. The molecule has 0 bridgehead atoms. The Morgan fingerprint density at radius 1 is 1.13 bits per heavy atom. The van der Waals surface area contributed by atoms with Crippen LogP contribution in [0.3, 0.4) is 0 Å². The van der Waals surface area contributed by atoms with E-state index in [1.165, 1.54) is 0 Å². The molecule has 0 spiro atoms. The van der Waals surface area contributed by atoms with Crippen LogP contribution in [0.4, 0.5) is 30.7 Å². The third-order valence-corrected chi connectivity index (χ3v) is 6.85. The molecule has 15 heteroatoms. The van der Waals surface area contributed by atoms with Crippen LogP contribution in [-0.2, 0) is 9.63 Å². The summed E-state index contributed by atoms with van der Waals surface area (Å²) in [6.07, 6.45) is -8.79. The molecule has 1 aliphatic rings. The Balaban J connectivity index is 2.22. The third-order valence-electron chi connectivity index (χ3n) is 5.66. The van der Waals surface area contributed by atoms with Gasteiger partial charge < -0.3 is 5.73 Å². The van der Waals surface area contributed by atoms with Crippen molar-refractivity contribution in [2.75, 3.05) is 13.2 Å². The van der Waals surface area contributed by atoms with E-state index < -0.39 is 71.7 Å². The van der Waals surface area contributed by atoms with Gasteiger partial charge in [0.15, 0.2) is 0 Å². The third kappa shape index (κ3) is 6.68. The minimum absolute atomic E-state index is 0.00387. The number of carbonyl (C=O) groups is 2. The van der Waals surface area contributed by atoms with Gasteiger partial charge in [0, 0.05) is 11.1 Å². The smallest absolute Gasteiger partial charge is 0.366 e. The summed E-state index contributed by atoms with van der Waals surface area (Å²) >= 11 is 17.5. The molecule has 210 valence electrons. The topological polar surface area (TPSA) is 72.6 Å². The summed E-state index contributed by atoms with van der Waals surface area (Å²) in [5, 5.41) is -0.895. The lowest BCUT2D eigenvalue weighted by Gasteiger charge is -2.21. The molecular weight excluding hydrogens is 604 g/mol. The quantitative estimate of drug-likeness (QED) is 0.258. The molecule has 3 rings (SSSR count). The number of hydrogen-bond acceptors (Lipinski definition) is 3. The fraction of sp³-hybridized carbons (Fsp3) is 0.250. The van der Waals surface area contributed by atoms with Crippen LogP contribution in [0.15, 0.2) is 36.9 Å². The fourth-order valence-electron chi connectivity index (χ4n) is 3.99. The zero-order valence-electron chi connectivity index (χ0n) is 19.3. The molecular formula is C24H16Cl3F7N2O3. The molecule has 1 aliphatic heterocycles. The number of allylic oxidation sites excluding steroid dienone is 1. The summed E-state index contributed by atoms with van der Waals surface area (Å²) in [6, 6.07) is 3.54. The number of rotatable bonds is 7. The Bertz CT molecular complexity index is 1340. The minimum Gasteiger partial charge on any atom is -0.366 e. The molecule has 0 aromatic heterocycles. The molecule has 5 nitrogen and oxygen atoms in total. The molecule has 1 unspecified atom stereocenters. The zero-order valence-corrected chi connectivity index (χ0v) is 21.5. The van der Waals surface area contributed by atoms with Crippen molar-refractivity contribution in [3.8, 4) is 0 Å². The van der Waals surface area contributed by atoms with Crippen molar-refractivity contribution in [3.05, 3.63) is 79.8 Å². The molecule has 0 saturated carbocycles. The first-order valence-corrected chi connectivity index (χ1v) is 11.8. The Morgan fingerprint density at radius 2 is 1.69 bits per heavy atom. The van der Waals surface area contributed by atoms with E-state index in [1.807, 2.05) is 0 Å². The van der Waals surface area contributed by atoms with Gasteiger partial charge in [0.1, 0.15) is 18.3 Å². The highest BCUT2D eigenvalue weighted by Crippen LogP contribution is 2.44. The van der Waals surface area contributed by atoms with E-state index in [2.05, 4.69) is 6.58 Å². The summed E-state index contributed by atoms with van der Waals surface area (Å²) < 4.78 is 96.5. The maximum atomic E-state index is 15.7. The number of hydrogen-bond donors (Lipinski definition) is 1. The van der Waals surface area contributed by atoms with E-state index >= 15 is 4.39 Å². The van der Waals surface area contributed by atoms with Crippen molar-refractivity contribution in [2.45, 2.75) is 24.2 Å². The average molecular weight is 620 g/mol. The van der Waals surface area contributed by atoms with Crippen molar-refractivity contribution >= 4 is 58.5 Å². The van der Waals surface area contributed by atoms with Gasteiger partial charge in [0.05, 0.1) is 27.6 Å². The van der Waals surface area contributed by atoms with Crippen LogP contribution in [0.1, 0.15) is 44.4 Å². The van der Waals surface area contributed by atoms with Crippen LogP contribution in [-0.4, -0.2) is 42.4 Å². The first-order chi connectivity index (χ1) is 18.0. The molecule has 39 heavy (non-hydrogen) atoms. The Hall–Kier alpha value is -2.80. The van der Waals surface area contributed by atoms with Crippen molar-refractivity contribution < 1.29 is 45.2 Å². The second-order valence-corrected chi connectivity index (χ2v) is 9.42. The number of benzene rings is 2. The number of nitrogens with two attached hydrogens (primary N) is 1. The fourth-order valence-corrected chi connectivity index (χ4v) is 4.60. The maximum absolute atomic E-state index is 15.7.